The molecule has 10 heteroatoms. The van der Waals surface area contributed by atoms with Crippen LogP contribution in [-0.2, 0) is 40.5 Å². The Kier molecular flexibility index (Phi) is 11.5. The summed E-state index contributed by atoms with van der Waals surface area (Å²) in [6.07, 6.45) is 13.2. The Morgan fingerprint density at radius 1 is 1.04 bits per heavy atom. The van der Waals surface area contributed by atoms with Gasteiger partial charge < -0.3 is 15.1 Å². The largest absolute Gasteiger partial charge is 0.363 e. The van der Waals surface area contributed by atoms with E-state index in [2.05, 4.69) is 80.4 Å². The molecule has 9 nitrogen and oxygen atoms in total. The van der Waals surface area contributed by atoms with Gasteiger partial charge in [-0.15, -0.1) is 5.06 Å². The van der Waals surface area contributed by atoms with Crippen LogP contribution in [0, 0.1) is 0 Å². The van der Waals surface area contributed by atoms with Crippen LogP contribution in [0.2, 0.25) is 0 Å². The number of hydrogen-bond acceptors (Lipinski definition) is 7. The number of para-hydroxylation sites is 1. The molecule has 1 atom stereocenters. The first-order valence-electron chi connectivity index (χ1n) is 15.7. The second-order valence-corrected chi connectivity index (χ2v) is 14.1. The minimum Gasteiger partial charge on any atom is -0.347 e. The third-order valence-electron chi connectivity index (χ3n) is 8.69. The van der Waals surface area contributed by atoms with E-state index < -0.39 is 34.3 Å². The lowest BCUT2D eigenvalue weighted by Crippen LogP contribution is -2.78. The molecule has 2 aromatic carbocycles. The molecule has 0 saturated carbocycles. The maximum atomic E-state index is 12.8. The molecule has 0 aromatic heterocycles. The van der Waals surface area contributed by atoms with Crippen LogP contribution in [0.3, 0.4) is 0 Å². The Morgan fingerprint density at radius 3 is 2.48 bits per heavy atom. The van der Waals surface area contributed by atoms with E-state index in [0.717, 1.165) is 42.8 Å². The first-order valence-corrected chi connectivity index (χ1v) is 17.0. The minimum absolute atomic E-state index is 0.0536. The predicted octanol–water partition coefficient (Wildman–Crippen LogP) is 5.28. The van der Waals surface area contributed by atoms with E-state index in [1.165, 1.54) is 18.4 Å². The van der Waals surface area contributed by atoms with E-state index >= 15 is 0 Å². The fourth-order valence-corrected chi connectivity index (χ4v) is 6.62. The van der Waals surface area contributed by atoms with E-state index in [1.807, 2.05) is 25.3 Å². The first kappa shape index (κ1) is 35.0. The molecular formula is C36H46N3O6S+. The van der Waals surface area contributed by atoms with Gasteiger partial charge in [0.05, 0.1) is 19.2 Å². The van der Waals surface area contributed by atoms with Crippen LogP contribution in [0.15, 0.2) is 78.5 Å². The van der Waals surface area contributed by atoms with Gasteiger partial charge in [0, 0.05) is 48.0 Å². The number of quaternary nitrogens is 1. The number of imide groups is 1. The molecule has 2 N–H and O–H groups in total. The van der Waals surface area contributed by atoms with Crippen molar-refractivity contribution in [2.75, 3.05) is 31.4 Å². The highest BCUT2D eigenvalue weighted by atomic mass is 32.2. The van der Waals surface area contributed by atoms with Crippen LogP contribution in [0.4, 0.5) is 11.4 Å². The summed E-state index contributed by atoms with van der Waals surface area (Å²) in [4.78, 5) is 43.8. The van der Waals surface area contributed by atoms with Crippen molar-refractivity contribution in [3.63, 3.8) is 0 Å². The zero-order valence-corrected chi connectivity index (χ0v) is 28.5. The van der Waals surface area contributed by atoms with Gasteiger partial charge in [0.1, 0.15) is 5.69 Å². The summed E-state index contributed by atoms with van der Waals surface area (Å²) in [5.74, 6) is -1.16. The van der Waals surface area contributed by atoms with Crippen LogP contribution < -0.4 is 10.2 Å². The zero-order valence-electron chi connectivity index (χ0n) is 27.7. The second-order valence-electron chi connectivity index (χ2n) is 12.8. The molecule has 2 amide bonds. The molecule has 0 spiro atoms. The molecule has 2 aromatic rings. The second kappa shape index (κ2) is 15.2. The van der Waals surface area contributed by atoms with Gasteiger partial charge in [-0.1, -0.05) is 70.2 Å². The lowest BCUT2D eigenvalue weighted by atomic mass is 9.80. The summed E-state index contributed by atoms with van der Waals surface area (Å²) >= 11 is -1.19. The van der Waals surface area contributed by atoms with Crippen molar-refractivity contribution in [3.05, 3.63) is 95.2 Å². The molecule has 1 fully saturated rings. The average Bonchev–Trinajstić information content (AvgIpc) is 3.44. The number of nitrogens with zero attached hydrogens (tertiary/aromatic N) is 2. The molecule has 2 aliphatic heterocycles. The first-order chi connectivity index (χ1) is 21.9. The van der Waals surface area contributed by atoms with Crippen molar-refractivity contribution >= 4 is 40.2 Å². The van der Waals surface area contributed by atoms with Crippen molar-refractivity contribution < 1.29 is 32.9 Å². The minimum atomic E-state index is -1.19. The van der Waals surface area contributed by atoms with Gasteiger partial charge in [-0.05, 0) is 60.6 Å². The number of rotatable bonds is 14. The van der Waals surface area contributed by atoms with Crippen LogP contribution in [0.1, 0.15) is 81.3 Å². The number of hydroxylamine groups is 2. The summed E-state index contributed by atoms with van der Waals surface area (Å²) in [6.45, 7) is 9.66. The highest BCUT2D eigenvalue weighted by Gasteiger charge is 2.39. The molecule has 2 heterocycles. The fraction of sp³-hybridized carbons (Fsp3) is 0.417. The lowest BCUT2D eigenvalue weighted by Gasteiger charge is -2.25. The Morgan fingerprint density at radius 2 is 1.76 bits per heavy atom. The summed E-state index contributed by atoms with van der Waals surface area (Å²) < 4.78 is 16.3. The van der Waals surface area contributed by atoms with Crippen LogP contribution in [-0.4, -0.2) is 53.5 Å². The topological polar surface area (TPSA) is 110 Å². The van der Waals surface area contributed by atoms with Crippen molar-refractivity contribution in [1.82, 2.24) is 5.06 Å². The number of allylic oxidation sites excluding steroid dienone is 6. The molecule has 0 bridgehead atoms. The number of fused-ring (bicyclic) bond motifs is 1. The number of carbonyl (C=O) groups excluding carboxylic acids is 3. The van der Waals surface area contributed by atoms with Gasteiger partial charge >= 0.3 is 5.97 Å². The summed E-state index contributed by atoms with van der Waals surface area (Å²) in [6, 6.07) is 13.8. The van der Waals surface area contributed by atoms with Crippen molar-refractivity contribution in [2.45, 2.75) is 70.6 Å². The van der Waals surface area contributed by atoms with Gasteiger partial charge in [0.15, 0.2) is 11.1 Å². The lowest BCUT2D eigenvalue weighted by molar-refractivity contribution is -0.572. The van der Waals surface area contributed by atoms with E-state index in [4.69, 9.17) is 9.02 Å². The summed E-state index contributed by atoms with van der Waals surface area (Å²) in [5.41, 5.74) is 5.39. The van der Waals surface area contributed by atoms with Crippen LogP contribution in [0.25, 0.3) is 0 Å². The molecule has 4 rings (SSSR count). The predicted molar refractivity (Wildman–Crippen MR) is 181 cm³/mol. The number of amides is 2. The standard InChI is InChI=1S/C36H45N3O6S/c1-35(2,27-15-10-11-16-29(27)37-23-13-14-24-46(43)44-6)22-12-8-7-9-17-31-36(3,4)28-25-26(18-19-30(28)38(31)5)34(42)45-39-32(40)20-21-33(39)41/h7-12,15-19,25,37H,13-14,20-24H2,1-6H3/p+1/b9-7+,12-8+,31-17-. The summed E-state index contributed by atoms with van der Waals surface area (Å²) in [7, 11) is 3.47. The zero-order chi connectivity index (χ0) is 33.5. The van der Waals surface area contributed by atoms with Gasteiger partial charge in [-0.25, -0.2) is 9.00 Å². The van der Waals surface area contributed by atoms with Gasteiger partial charge in [-0.2, -0.15) is 0 Å². The van der Waals surface area contributed by atoms with E-state index in [0.29, 0.717) is 10.8 Å². The molecule has 0 aliphatic carbocycles. The third kappa shape index (κ3) is 8.10. The smallest absolute Gasteiger partial charge is 0.347 e. The Hall–Kier alpha value is -3.86. The number of anilines is 1. The number of carbonyl (C=O) groups is 3. The van der Waals surface area contributed by atoms with E-state index in [1.54, 1.807) is 12.1 Å². The SMILES string of the molecule is COS(=O)CCCC[NH2+]c1ccccc1C(C)(C)C/C=C/C=C/C=C1\N(C)c2ccc(C(=O)ON3C(=O)CCC3=O)cc2C1(C)C. The van der Waals surface area contributed by atoms with Gasteiger partial charge in [0.2, 0.25) is 0 Å². The molecule has 1 unspecified atom stereocenters. The monoisotopic (exact) mass is 648 g/mol. The average molecular weight is 649 g/mol. The molecule has 2 aliphatic rings. The molecule has 46 heavy (non-hydrogen) atoms. The highest BCUT2D eigenvalue weighted by Crippen LogP contribution is 2.47. The maximum Gasteiger partial charge on any atom is 0.363 e. The number of unbranched alkanes of at least 4 members (excludes halogenated alkanes) is 1. The Labute approximate surface area is 274 Å². The number of nitrogens with two attached hydrogens (primary N) is 1. The summed E-state index contributed by atoms with van der Waals surface area (Å²) in [5, 5.41) is 2.86. The quantitative estimate of drug-likeness (QED) is 0.128. The highest BCUT2D eigenvalue weighted by molar-refractivity contribution is 7.80. The number of hydrogen-bond donors (Lipinski definition) is 1. The number of benzene rings is 2. The Bertz CT molecular complexity index is 1560. The normalized spacial score (nSPS) is 17.9. The van der Waals surface area contributed by atoms with Crippen molar-refractivity contribution in [1.29, 1.82) is 0 Å². The van der Waals surface area contributed by atoms with Gasteiger partial charge in [-0.3, -0.25) is 13.8 Å². The number of likely N-dealkylation sites (N-methyl/N-ethyl adjacent to an activating group) is 1. The van der Waals surface area contributed by atoms with Crippen LogP contribution >= 0.6 is 0 Å². The van der Waals surface area contributed by atoms with E-state index in [-0.39, 0.29) is 23.8 Å². The van der Waals surface area contributed by atoms with Crippen molar-refractivity contribution in [3.8, 4) is 0 Å². The van der Waals surface area contributed by atoms with Crippen molar-refractivity contribution in [2.24, 2.45) is 0 Å². The molecular weight excluding hydrogens is 602 g/mol. The molecule has 1 saturated heterocycles. The maximum absolute atomic E-state index is 12.8. The van der Waals surface area contributed by atoms with E-state index in [9.17, 15) is 18.6 Å². The third-order valence-corrected chi connectivity index (χ3v) is 9.69. The molecule has 0 radical (unpaired) electrons. The van der Waals surface area contributed by atoms with Crippen LogP contribution in [0.5, 0.6) is 0 Å². The Balaban J connectivity index is 1.37. The van der Waals surface area contributed by atoms with Gasteiger partial charge in [0.25, 0.3) is 11.8 Å². The fourth-order valence-electron chi connectivity index (χ4n) is 6.02. The molecule has 246 valence electrons.